The number of nitrogens with two attached hydrogens (primary N) is 1. The number of nitrogen functional groups attached to an aromatic ring is 1. The van der Waals surface area contributed by atoms with E-state index in [0.717, 1.165) is 24.3 Å². The van der Waals surface area contributed by atoms with Gasteiger partial charge in [-0.25, -0.2) is 0 Å². The van der Waals surface area contributed by atoms with Crippen LogP contribution in [0.15, 0.2) is 78.9 Å². The second kappa shape index (κ2) is 7.01. The SMILES string of the molecule is Cc1c(N)cccc1N(Cc1ccccc1)Cc1ccccc1. The van der Waals surface area contributed by atoms with Crippen LogP contribution in [-0.4, -0.2) is 0 Å². The standard InChI is InChI=1S/C21H22N2/c1-17-20(22)13-8-14-21(17)23(15-18-9-4-2-5-10-18)16-19-11-6-3-7-12-19/h2-14H,15-16,22H2,1H3. The minimum atomic E-state index is 0.841. The van der Waals surface area contributed by atoms with Gasteiger partial charge in [-0.15, -0.1) is 0 Å². The molecule has 0 amide bonds. The van der Waals surface area contributed by atoms with E-state index in [1.165, 1.54) is 16.8 Å². The van der Waals surface area contributed by atoms with E-state index in [1.807, 2.05) is 12.1 Å². The van der Waals surface area contributed by atoms with Crippen LogP contribution in [0.2, 0.25) is 0 Å². The molecule has 0 unspecified atom stereocenters. The van der Waals surface area contributed by atoms with Crippen LogP contribution < -0.4 is 10.6 Å². The predicted octanol–water partition coefficient (Wildman–Crippen LogP) is 4.78. The molecule has 0 saturated heterocycles. The third kappa shape index (κ3) is 3.72. The molecule has 0 aliphatic heterocycles. The van der Waals surface area contributed by atoms with Gasteiger partial charge in [0.2, 0.25) is 0 Å². The molecule has 3 aromatic rings. The van der Waals surface area contributed by atoms with Crippen molar-refractivity contribution in [2.24, 2.45) is 0 Å². The van der Waals surface area contributed by atoms with Gasteiger partial charge < -0.3 is 10.6 Å². The molecule has 23 heavy (non-hydrogen) atoms. The Balaban J connectivity index is 1.94. The summed E-state index contributed by atoms with van der Waals surface area (Å²) in [7, 11) is 0. The summed E-state index contributed by atoms with van der Waals surface area (Å²) in [6.45, 7) is 3.81. The molecule has 2 nitrogen and oxygen atoms in total. The zero-order chi connectivity index (χ0) is 16.1. The third-order valence-electron chi connectivity index (χ3n) is 4.12. The van der Waals surface area contributed by atoms with Crippen molar-refractivity contribution in [1.82, 2.24) is 0 Å². The summed E-state index contributed by atoms with van der Waals surface area (Å²) in [5, 5.41) is 0. The normalized spacial score (nSPS) is 10.5. The highest BCUT2D eigenvalue weighted by Gasteiger charge is 2.12. The lowest BCUT2D eigenvalue weighted by molar-refractivity contribution is 0.797. The Hall–Kier alpha value is -2.74. The van der Waals surface area contributed by atoms with E-state index in [4.69, 9.17) is 5.73 Å². The molecule has 116 valence electrons. The molecular weight excluding hydrogens is 280 g/mol. The van der Waals surface area contributed by atoms with Gasteiger partial charge in [-0.3, -0.25) is 0 Å². The lowest BCUT2D eigenvalue weighted by Gasteiger charge is -2.27. The second-order valence-corrected chi connectivity index (χ2v) is 5.82. The fraction of sp³-hybridized carbons (Fsp3) is 0.143. The van der Waals surface area contributed by atoms with E-state index in [1.54, 1.807) is 0 Å². The Bertz CT molecular complexity index is 710. The molecule has 0 saturated carbocycles. The molecule has 0 aliphatic rings. The molecule has 0 radical (unpaired) electrons. The molecule has 2 heteroatoms. The van der Waals surface area contributed by atoms with Crippen LogP contribution in [0.1, 0.15) is 16.7 Å². The average molecular weight is 302 g/mol. The maximum Gasteiger partial charge on any atom is 0.0433 e. The van der Waals surface area contributed by atoms with Crippen molar-refractivity contribution in [2.45, 2.75) is 20.0 Å². The van der Waals surface area contributed by atoms with Gasteiger partial charge in [-0.1, -0.05) is 66.7 Å². The summed E-state index contributed by atoms with van der Waals surface area (Å²) in [4.78, 5) is 2.39. The summed E-state index contributed by atoms with van der Waals surface area (Å²) in [5.74, 6) is 0. The summed E-state index contributed by atoms with van der Waals surface area (Å²) in [5.41, 5.74) is 11.9. The maximum absolute atomic E-state index is 6.12. The number of nitrogens with zero attached hydrogens (tertiary/aromatic N) is 1. The molecule has 3 rings (SSSR count). The molecule has 0 aliphatic carbocycles. The molecule has 0 fully saturated rings. The lowest BCUT2D eigenvalue weighted by atomic mass is 10.1. The molecule has 0 heterocycles. The van der Waals surface area contributed by atoms with Crippen LogP contribution in [0.4, 0.5) is 11.4 Å². The van der Waals surface area contributed by atoms with Gasteiger partial charge in [0.15, 0.2) is 0 Å². The number of hydrogen-bond donors (Lipinski definition) is 1. The van der Waals surface area contributed by atoms with E-state index in [9.17, 15) is 0 Å². The molecular formula is C21H22N2. The molecule has 3 aromatic carbocycles. The van der Waals surface area contributed by atoms with Crippen molar-refractivity contribution in [1.29, 1.82) is 0 Å². The highest BCUT2D eigenvalue weighted by atomic mass is 15.1. The number of hydrogen-bond acceptors (Lipinski definition) is 2. The largest absolute Gasteiger partial charge is 0.398 e. The minimum Gasteiger partial charge on any atom is -0.398 e. The van der Waals surface area contributed by atoms with Crippen LogP contribution in [0.3, 0.4) is 0 Å². The first-order valence-electron chi connectivity index (χ1n) is 7.92. The van der Waals surface area contributed by atoms with Crippen molar-refractivity contribution in [2.75, 3.05) is 10.6 Å². The zero-order valence-electron chi connectivity index (χ0n) is 13.4. The fourth-order valence-corrected chi connectivity index (χ4v) is 2.82. The van der Waals surface area contributed by atoms with Crippen molar-refractivity contribution in [3.8, 4) is 0 Å². The first kappa shape index (κ1) is 15.2. The highest BCUT2D eigenvalue weighted by molar-refractivity contribution is 5.64. The summed E-state index contributed by atoms with van der Waals surface area (Å²) < 4.78 is 0. The molecule has 0 bridgehead atoms. The summed E-state index contributed by atoms with van der Waals surface area (Å²) in [6, 6.07) is 27.3. The topological polar surface area (TPSA) is 29.3 Å². The Labute approximate surface area is 138 Å². The molecule has 0 atom stereocenters. The van der Waals surface area contributed by atoms with Gasteiger partial charge in [0.25, 0.3) is 0 Å². The summed E-state index contributed by atoms with van der Waals surface area (Å²) >= 11 is 0. The molecule has 0 aromatic heterocycles. The van der Waals surface area contributed by atoms with Crippen molar-refractivity contribution < 1.29 is 0 Å². The Kier molecular flexibility index (Phi) is 4.62. The van der Waals surface area contributed by atoms with Gasteiger partial charge in [0.05, 0.1) is 0 Å². The van der Waals surface area contributed by atoms with Crippen molar-refractivity contribution >= 4 is 11.4 Å². The van der Waals surface area contributed by atoms with Crippen LogP contribution in [0.5, 0.6) is 0 Å². The molecule has 2 N–H and O–H groups in total. The number of anilines is 2. The van der Waals surface area contributed by atoms with Crippen LogP contribution in [0, 0.1) is 6.92 Å². The third-order valence-corrected chi connectivity index (χ3v) is 4.12. The second-order valence-electron chi connectivity index (χ2n) is 5.82. The Morgan fingerprint density at radius 1 is 0.696 bits per heavy atom. The summed E-state index contributed by atoms with van der Waals surface area (Å²) in [6.07, 6.45) is 0. The van der Waals surface area contributed by atoms with E-state index in [-0.39, 0.29) is 0 Å². The van der Waals surface area contributed by atoms with Gasteiger partial charge in [0, 0.05) is 24.5 Å². The average Bonchev–Trinajstić information content (AvgIpc) is 2.59. The predicted molar refractivity (Wildman–Crippen MR) is 98.4 cm³/mol. The smallest absolute Gasteiger partial charge is 0.0433 e. The quantitative estimate of drug-likeness (QED) is 0.687. The van der Waals surface area contributed by atoms with Crippen LogP contribution in [0.25, 0.3) is 0 Å². The highest BCUT2D eigenvalue weighted by Crippen LogP contribution is 2.27. The lowest BCUT2D eigenvalue weighted by Crippen LogP contribution is -2.23. The first-order chi connectivity index (χ1) is 11.2. The Morgan fingerprint density at radius 3 is 1.74 bits per heavy atom. The minimum absolute atomic E-state index is 0.841. The Morgan fingerprint density at radius 2 is 1.22 bits per heavy atom. The van der Waals surface area contributed by atoms with Crippen LogP contribution in [-0.2, 0) is 13.1 Å². The van der Waals surface area contributed by atoms with Gasteiger partial charge in [0.1, 0.15) is 0 Å². The zero-order valence-corrected chi connectivity index (χ0v) is 13.4. The molecule has 0 spiro atoms. The van der Waals surface area contributed by atoms with E-state index >= 15 is 0 Å². The fourth-order valence-electron chi connectivity index (χ4n) is 2.82. The van der Waals surface area contributed by atoms with Gasteiger partial charge in [-0.2, -0.15) is 0 Å². The maximum atomic E-state index is 6.12. The van der Waals surface area contributed by atoms with Crippen LogP contribution >= 0.6 is 0 Å². The van der Waals surface area contributed by atoms with E-state index in [2.05, 4.69) is 78.6 Å². The van der Waals surface area contributed by atoms with E-state index in [0.29, 0.717) is 0 Å². The number of benzene rings is 3. The first-order valence-corrected chi connectivity index (χ1v) is 7.92. The monoisotopic (exact) mass is 302 g/mol. The van der Waals surface area contributed by atoms with Crippen molar-refractivity contribution in [3.63, 3.8) is 0 Å². The van der Waals surface area contributed by atoms with Crippen molar-refractivity contribution in [3.05, 3.63) is 95.6 Å². The van der Waals surface area contributed by atoms with E-state index < -0.39 is 0 Å². The van der Waals surface area contributed by atoms with Gasteiger partial charge >= 0.3 is 0 Å². The number of rotatable bonds is 5. The van der Waals surface area contributed by atoms with Gasteiger partial charge in [-0.05, 0) is 35.7 Å².